The number of carbonyl (C=O) groups excluding carboxylic acids is 1. The number of aliphatic hydroxyl groups excluding tert-OH is 1. The van der Waals surface area contributed by atoms with Crippen molar-refractivity contribution in [3.05, 3.63) is 0 Å². The van der Waals surface area contributed by atoms with Crippen LogP contribution in [0.25, 0.3) is 0 Å². The topological polar surface area (TPSA) is 99.1 Å². The van der Waals surface area contributed by atoms with Gasteiger partial charge in [0.1, 0.15) is 12.6 Å². The Hall–Kier alpha value is -1.18. The number of nitrogens with zero attached hydrogens (tertiary/aromatic N) is 1. The number of hydrogen-bond donors (Lipinski definition) is 3. The van der Waals surface area contributed by atoms with E-state index in [0.29, 0.717) is 13.1 Å². The Morgan fingerprint density at radius 1 is 1.50 bits per heavy atom. The molecule has 0 radical (unpaired) electrons. The van der Waals surface area contributed by atoms with Crippen LogP contribution in [-0.4, -0.2) is 71.0 Å². The summed E-state index contributed by atoms with van der Waals surface area (Å²) in [5.41, 5.74) is -0.341. The zero-order valence-electron chi connectivity index (χ0n) is 10.3. The SMILES string of the molecule is CC1(OCC(=O)N2CC(O)C[C@H]2C(=O)O)CNC1. The Morgan fingerprint density at radius 3 is 2.67 bits per heavy atom. The molecule has 2 aliphatic heterocycles. The van der Waals surface area contributed by atoms with E-state index >= 15 is 0 Å². The molecule has 2 atom stereocenters. The second-order valence-corrected chi connectivity index (χ2v) is 5.13. The van der Waals surface area contributed by atoms with E-state index in [4.69, 9.17) is 9.84 Å². The number of aliphatic hydroxyl groups is 1. The Morgan fingerprint density at radius 2 is 2.17 bits per heavy atom. The lowest BCUT2D eigenvalue weighted by Gasteiger charge is -2.39. The van der Waals surface area contributed by atoms with Crippen molar-refractivity contribution >= 4 is 11.9 Å². The fourth-order valence-corrected chi connectivity index (χ4v) is 2.22. The smallest absolute Gasteiger partial charge is 0.326 e. The van der Waals surface area contributed by atoms with E-state index in [0.717, 1.165) is 0 Å². The van der Waals surface area contributed by atoms with Crippen molar-refractivity contribution in [1.29, 1.82) is 0 Å². The second-order valence-electron chi connectivity index (χ2n) is 5.13. The number of amides is 1. The molecule has 2 heterocycles. The van der Waals surface area contributed by atoms with Crippen LogP contribution in [0.4, 0.5) is 0 Å². The first kappa shape index (κ1) is 13.3. The summed E-state index contributed by atoms with van der Waals surface area (Å²) in [5.74, 6) is -1.47. The molecule has 7 heteroatoms. The van der Waals surface area contributed by atoms with Crippen LogP contribution in [0.5, 0.6) is 0 Å². The van der Waals surface area contributed by atoms with Gasteiger partial charge in [-0.15, -0.1) is 0 Å². The molecule has 0 spiro atoms. The minimum atomic E-state index is -1.09. The van der Waals surface area contributed by atoms with E-state index in [1.54, 1.807) is 0 Å². The molecule has 2 fully saturated rings. The first-order valence-electron chi connectivity index (χ1n) is 5.96. The number of carboxylic acids is 1. The van der Waals surface area contributed by atoms with Gasteiger partial charge in [-0.3, -0.25) is 4.79 Å². The summed E-state index contributed by atoms with van der Waals surface area (Å²) in [6.07, 6.45) is -0.684. The molecule has 2 saturated heterocycles. The van der Waals surface area contributed by atoms with Crippen molar-refractivity contribution in [2.45, 2.75) is 31.1 Å². The van der Waals surface area contributed by atoms with Gasteiger partial charge in [0.15, 0.2) is 0 Å². The molecule has 0 aromatic rings. The molecule has 0 aromatic carbocycles. The Balaban J connectivity index is 1.89. The molecule has 0 aromatic heterocycles. The Kier molecular flexibility index (Phi) is 3.56. The number of carboxylic acid groups (broad SMARTS) is 1. The van der Waals surface area contributed by atoms with Gasteiger partial charge < -0.3 is 25.2 Å². The second kappa shape index (κ2) is 4.83. The Labute approximate surface area is 105 Å². The van der Waals surface area contributed by atoms with Gasteiger partial charge in [-0.2, -0.15) is 0 Å². The van der Waals surface area contributed by atoms with Gasteiger partial charge in [-0.1, -0.05) is 0 Å². The zero-order valence-corrected chi connectivity index (χ0v) is 10.3. The van der Waals surface area contributed by atoms with Gasteiger partial charge in [0.2, 0.25) is 5.91 Å². The zero-order chi connectivity index (χ0) is 13.3. The predicted octanol–water partition coefficient (Wildman–Crippen LogP) is -1.59. The van der Waals surface area contributed by atoms with Crippen LogP contribution in [0.2, 0.25) is 0 Å². The highest BCUT2D eigenvalue weighted by Crippen LogP contribution is 2.20. The van der Waals surface area contributed by atoms with E-state index in [1.165, 1.54) is 4.90 Å². The molecule has 0 bridgehead atoms. The van der Waals surface area contributed by atoms with Crippen LogP contribution in [0.1, 0.15) is 13.3 Å². The molecule has 1 unspecified atom stereocenters. The van der Waals surface area contributed by atoms with Crippen LogP contribution in [0.3, 0.4) is 0 Å². The van der Waals surface area contributed by atoms with Crippen molar-refractivity contribution in [3.63, 3.8) is 0 Å². The molecule has 2 aliphatic rings. The van der Waals surface area contributed by atoms with Gasteiger partial charge in [0.05, 0.1) is 11.7 Å². The molecular formula is C11H18N2O5. The summed E-state index contributed by atoms with van der Waals surface area (Å²) < 4.78 is 5.47. The average Bonchev–Trinajstić information content (AvgIpc) is 2.66. The van der Waals surface area contributed by atoms with E-state index in [2.05, 4.69) is 5.32 Å². The van der Waals surface area contributed by atoms with Crippen molar-refractivity contribution in [3.8, 4) is 0 Å². The van der Waals surface area contributed by atoms with Crippen LogP contribution < -0.4 is 5.32 Å². The first-order valence-corrected chi connectivity index (χ1v) is 5.96. The minimum absolute atomic E-state index is 0.0636. The van der Waals surface area contributed by atoms with Crippen LogP contribution in [0, 0.1) is 0 Å². The first-order chi connectivity index (χ1) is 8.41. The number of hydrogen-bond acceptors (Lipinski definition) is 5. The molecule has 3 N–H and O–H groups in total. The monoisotopic (exact) mass is 258 g/mol. The van der Waals surface area contributed by atoms with Crippen LogP contribution >= 0.6 is 0 Å². The number of β-amino-alcohol motifs (C(OH)–C–C–N with tert-alkyl or cyclic N) is 1. The number of aliphatic carboxylic acids is 1. The summed E-state index contributed by atoms with van der Waals surface area (Å²) >= 11 is 0. The average molecular weight is 258 g/mol. The fourth-order valence-electron chi connectivity index (χ4n) is 2.22. The molecule has 7 nitrogen and oxygen atoms in total. The van der Waals surface area contributed by atoms with Crippen molar-refractivity contribution in [2.75, 3.05) is 26.2 Å². The van der Waals surface area contributed by atoms with Crippen molar-refractivity contribution < 1.29 is 24.5 Å². The van der Waals surface area contributed by atoms with Gasteiger partial charge in [0.25, 0.3) is 0 Å². The summed E-state index contributed by atoms with van der Waals surface area (Å²) in [7, 11) is 0. The third-order valence-electron chi connectivity index (χ3n) is 3.43. The lowest BCUT2D eigenvalue weighted by molar-refractivity contribution is -0.154. The number of likely N-dealkylation sites (tertiary alicyclic amines) is 1. The summed E-state index contributed by atoms with van der Waals surface area (Å²) in [4.78, 5) is 24.1. The molecular weight excluding hydrogens is 240 g/mol. The molecule has 2 rings (SSSR count). The van der Waals surface area contributed by atoms with Crippen molar-refractivity contribution in [1.82, 2.24) is 10.2 Å². The van der Waals surface area contributed by atoms with E-state index < -0.39 is 18.1 Å². The third-order valence-corrected chi connectivity index (χ3v) is 3.43. The predicted molar refractivity (Wildman–Crippen MR) is 61.0 cm³/mol. The number of carbonyl (C=O) groups is 2. The lowest BCUT2D eigenvalue weighted by Crippen LogP contribution is -2.60. The quantitative estimate of drug-likeness (QED) is 0.562. The summed E-state index contributed by atoms with van der Waals surface area (Å²) in [6, 6.07) is -0.941. The Bertz CT molecular complexity index is 355. The van der Waals surface area contributed by atoms with E-state index in [-0.39, 0.29) is 31.1 Å². The number of ether oxygens (including phenoxy) is 1. The van der Waals surface area contributed by atoms with Gasteiger partial charge >= 0.3 is 5.97 Å². The van der Waals surface area contributed by atoms with E-state index in [1.807, 2.05) is 6.92 Å². The van der Waals surface area contributed by atoms with Gasteiger partial charge in [-0.25, -0.2) is 4.79 Å². The number of nitrogens with one attached hydrogen (secondary N) is 1. The minimum Gasteiger partial charge on any atom is -0.480 e. The van der Waals surface area contributed by atoms with Crippen LogP contribution in [0.15, 0.2) is 0 Å². The summed E-state index contributed by atoms with van der Waals surface area (Å²) in [6.45, 7) is 3.18. The highest BCUT2D eigenvalue weighted by molar-refractivity contribution is 5.85. The summed E-state index contributed by atoms with van der Waals surface area (Å²) in [5, 5.41) is 21.5. The maximum Gasteiger partial charge on any atom is 0.326 e. The molecule has 1 amide bonds. The van der Waals surface area contributed by atoms with Crippen LogP contribution in [-0.2, 0) is 14.3 Å². The molecule has 18 heavy (non-hydrogen) atoms. The maximum atomic E-state index is 11.9. The molecule has 102 valence electrons. The largest absolute Gasteiger partial charge is 0.480 e. The van der Waals surface area contributed by atoms with Crippen molar-refractivity contribution in [2.24, 2.45) is 0 Å². The lowest BCUT2D eigenvalue weighted by atomic mass is 10.0. The van der Waals surface area contributed by atoms with Gasteiger partial charge in [0, 0.05) is 26.1 Å². The third kappa shape index (κ3) is 2.63. The van der Waals surface area contributed by atoms with Gasteiger partial charge in [-0.05, 0) is 6.92 Å². The standard InChI is InChI=1S/C11H18N2O5/c1-11(5-12-6-11)18-4-9(15)13-3-7(14)2-8(13)10(16)17/h7-8,12,14H,2-6H2,1H3,(H,16,17)/t7?,8-/m0/s1. The normalized spacial score (nSPS) is 30.0. The molecule has 0 saturated carbocycles. The van der Waals surface area contributed by atoms with E-state index in [9.17, 15) is 14.7 Å². The molecule has 0 aliphatic carbocycles. The highest BCUT2D eigenvalue weighted by atomic mass is 16.5. The highest BCUT2D eigenvalue weighted by Gasteiger charge is 2.40. The number of rotatable bonds is 4. The fraction of sp³-hybridized carbons (Fsp3) is 0.818. The maximum absolute atomic E-state index is 11.9.